The summed E-state index contributed by atoms with van der Waals surface area (Å²) in [4.78, 5) is 2.74. The number of nitrogens with zero attached hydrogens (tertiary/aromatic N) is 1. The molecule has 0 aromatic rings. The van der Waals surface area contributed by atoms with Crippen molar-refractivity contribution < 1.29 is 0 Å². The number of rotatable bonds is 3. The van der Waals surface area contributed by atoms with E-state index in [0.29, 0.717) is 0 Å². The molecule has 2 unspecified atom stereocenters. The Labute approximate surface area is 76.1 Å². The fraction of sp³-hybridized carbons (Fsp3) is 1.00. The fourth-order valence-corrected chi connectivity index (χ4v) is 2.65. The van der Waals surface area contributed by atoms with Crippen LogP contribution in [0, 0.1) is 0 Å². The number of hydrogen-bond donors (Lipinski definition) is 0. The van der Waals surface area contributed by atoms with Gasteiger partial charge in [-0.1, -0.05) is 32.6 Å². The molecule has 0 aromatic carbocycles. The van der Waals surface area contributed by atoms with Gasteiger partial charge < -0.3 is 0 Å². The summed E-state index contributed by atoms with van der Waals surface area (Å²) in [5, 5.41) is 0. The van der Waals surface area contributed by atoms with Gasteiger partial charge in [0.05, 0.1) is 0 Å². The van der Waals surface area contributed by atoms with Crippen molar-refractivity contribution in [2.24, 2.45) is 0 Å². The van der Waals surface area contributed by atoms with Crippen LogP contribution >= 0.6 is 0 Å². The van der Waals surface area contributed by atoms with Crippen LogP contribution in [-0.4, -0.2) is 23.5 Å². The predicted molar refractivity (Wildman–Crippen MR) is 52.3 cm³/mol. The Morgan fingerprint density at radius 1 is 1.17 bits per heavy atom. The van der Waals surface area contributed by atoms with Gasteiger partial charge in [0.15, 0.2) is 0 Å². The zero-order chi connectivity index (χ0) is 8.39. The van der Waals surface area contributed by atoms with Crippen molar-refractivity contribution in [1.82, 2.24) is 4.90 Å². The maximum atomic E-state index is 2.74. The molecule has 0 spiro atoms. The van der Waals surface area contributed by atoms with Gasteiger partial charge in [0.25, 0.3) is 0 Å². The van der Waals surface area contributed by atoms with Crippen molar-refractivity contribution >= 4 is 0 Å². The molecule has 1 heteroatoms. The molecule has 2 fully saturated rings. The molecule has 70 valence electrons. The fourth-order valence-electron chi connectivity index (χ4n) is 2.65. The Hall–Kier alpha value is -0.0400. The van der Waals surface area contributed by atoms with E-state index in [-0.39, 0.29) is 0 Å². The second-order valence-corrected chi connectivity index (χ2v) is 4.43. The minimum atomic E-state index is 0.982. The van der Waals surface area contributed by atoms with Crippen molar-refractivity contribution in [2.45, 2.75) is 64.0 Å². The molecule has 1 heterocycles. The minimum absolute atomic E-state index is 0.982. The summed E-state index contributed by atoms with van der Waals surface area (Å²) in [6, 6.07) is 1.97. The van der Waals surface area contributed by atoms with E-state index in [1.54, 1.807) is 0 Å². The summed E-state index contributed by atoms with van der Waals surface area (Å²) in [5.41, 5.74) is 0. The highest BCUT2D eigenvalue weighted by atomic mass is 15.3. The zero-order valence-corrected chi connectivity index (χ0v) is 8.26. The first-order valence-electron chi connectivity index (χ1n) is 5.67. The van der Waals surface area contributed by atoms with Crippen LogP contribution in [0.15, 0.2) is 0 Å². The van der Waals surface area contributed by atoms with Crippen LogP contribution in [0.1, 0.15) is 51.9 Å². The van der Waals surface area contributed by atoms with E-state index in [4.69, 9.17) is 0 Å². The Bertz CT molecular complexity index is 138. The summed E-state index contributed by atoms with van der Waals surface area (Å²) >= 11 is 0. The smallest absolute Gasteiger partial charge is 0.0226 e. The van der Waals surface area contributed by atoms with Crippen LogP contribution in [0.25, 0.3) is 0 Å². The summed E-state index contributed by atoms with van der Waals surface area (Å²) in [6.45, 7) is 3.72. The van der Waals surface area contributed by atoms with Crippen LogP contribution in [0.2, 0.25) is 0 Å². The third-order valence-electron chi connectivity index (χ3n) is 3.42. The van der Waals surface area contributed by atoms with Crippen LogP contribution in [0.4, 0.5) is 0 Å². The lowest BCUT2D eigenvalue weighted by molar-refractivity contribution is 0.278. The van der Waals surface area contributed by atoms with E-state index in [2.05, 4.69) is 11.8 Å². The van der Waals surface area contributed by atoms with E-state index in [9.17, 15) is 0 Å². The first-order valence-corrected chi connectivity index (χ1v) is 5.67. The largest absolute Gasteiger partial charge is 0.295 e. The van der Waals surface area contributed by atoms with Crippen LogP contribution < -0.4 is 0 Å². The molecule has 2 aliphatic rings. The molecule has 0 N–H and O–H groups in total. The first kappa shape index (κ1) is 8.55. The van der Waals surface area contributed by atoms with Crippen molar-refractivity contribution in [3.05, 3.63) is 0 Å². The molecule has 1 nitrogen and oxygen atoms in total. The third kappa shape index (κ3) is 1.82. The Balaban J connectivity index is 1.72. The van der Waals surface area contributed by atoms with Gasteiger partial charge in [0, 0.05) is 18.6 Å². The number of hydrogen-bond acceptors (Lipinski definition) is 1. The van der Waals surface area contributed by atoms with E-state index >= 15 is 0 Å². The Kier molecular flexibility index (Phi) is 2.69. The highest BCUT2D eigenvalue weighted by Crippen LogP contribution is 2.32. The second-order valence-electron chi connectivity index (χ2n) is 4.43. The third-order valence-corrected chi connectivity index (χ3v) is 3.42. The van der Waals surface area contributed by atoms with Gasteiger partial charge in [0.1, 0.15) is 0 Å². The summed E-state index contributed by atoms with van der Waals surface area (Å²) in [7, 11) is 0. The van der Waals surface area contributed by atoms with Crippen LogP contribution in [0.3, 0.4) is 0 Å². The molecule has 0 amide bonds. The molecule has 2 atom stereocenters. The van der Waals surface area contributed by atoms with Crippen molar-refractivity contribution in [3.63, 3.8) is 0 Å². The molecule has 1 saturated heterocycles. The van der Waals surface area contributed by atoms with Gasteiger partial charge in [-0.25, -0.2) is 0 Å². The van der Waals surface area contributed by atoms with Gasteiger partial charge in [-0.15, -0.1) is 0 Å². The molecular weight excluding hydrogens is 146 g/mol. The standard InChI is InChI=1S/C11H21N/c1-2-6-11-9-12(11)10-7-4-3-5-8-10/h10-11H,2-9H2,1H3. The molecule has 0 bridgehead atoms. The average molecular weight is 167 g/mol. The van der Waals surface area contributed by atoms with Crippen molar-refractivity contribution in [3.8, 4) is 0 Å². The second kappa shape index (κ2) is 3.78. The zero-order valence-electron chi connectivity index (χ0n) is 8.26. The summed E-state index contributed by atoms with van der Waals surface area (Å²) in [5.74, 6) is 0. The maximum Gasteiger partial charge on any atom is 0.0226 e. The lowest BCUT2D eigenvalue weighted by Gasteiger charge is -2.23. The molecule has 1 aliphatic carbocycles. The highest BCUT2D eigenvalue weighted by molar-refractivity contribution is 4.94. The first-order chi connectivity index (χ1) is 5.92. The van der Waals surface area contributed by atoms with Gasteiger partial charge in [-0.3, -0.25) is 4.90 Å². The van der Waals surface area contributed by atoms with Crippen LogP contribution in [-0.2, 0) is 0 Å². The van der Waals surface area contributed by atoms with E-state index < -0.39 is 0 Å². The molecule has 0 aromatic heterocycles. The molecule has 1 aliphatic heterocycles. The van der Waals surface area contributed by atoms with E-state index in [1.807, 2.05) is 0 Å². The minimum Gasteiger partial charge on any atom is -0.295 e. The monoisotopic (exact) mass is 167 g/mol. The Morgan fingerprint density at radius 2 is 1.92 bits per heavy atom. The van der Waals surface area contributed by atoms with Crippen LogP contribution in [0.5, 0.6) is 0 Å². The molecule has 12 heavy (non-hydrogen) atoms. The quantitative estimate of drug-likeness (QED) is 0.584. The van der Waals surface area contributed by atoms with E-state index in [0.717, 1.165) is 12.1 Å². The average Bonchev–Trinajstić information content (AvgIpc) is 2.87. The summed E-state index contributed by atoms with van der Waals surface area (Å²) < 4.78 is 0. The maximum absolute atomic E-state index is 2.74. The summed E-state index contributed by atoms with van der Waals surface area (Å²) in [6.07, 6.45) is 10.2. The van der Waals surface area contributed by atoms with Gasteiger partial charge >= 0.3 is 0 Å². The van der Waals surface area contributed by atoms with Gasteiger partial charge in [0.2, 0.25) is 0 Å². The van der Waals surface area contributed by atoms with E-state index in [1.165, 1.54) is 51.5 Å². The topological polar surface area (TPSA) is 3.01 Å². The van der Waals surface area contributed by atoms with Crippen molar-refractivity contribution in [2.75, 3.05) is 6.54 Å². The normalized spacial score (nSPS) is 36.8. The molecule has 0 radical (unpaired) electrons. The van der Waals surface area contributed by atoms with Crippen molar-refractivity contribution in [1.29, 1.82) is 0 Å². The lowest BCUT2D eigenvalue weighted by atomic mass is 9.95. The van der Waals surface area contributed by atoms with Gasteiger partial charge in [-0.2, -0.15) is 0 Å². The predicted octanol–water partition coefficient (Wildman–Crippen LogP) is 2.80. The van der Waals surface area contributed by atoms with Gasteiger partial charge in [-0.05, 0) is 19.3 Å². The molecular formula is C11H21N. The SMILES string of the molecule is CCCC1CN1C1CCCCC1. The Morgan fingerprint density at radius 3 is 2.58 bits per heavy atom. The lowest BCUT2D eigenvalue weighted by Crippen LogP contribution is -2.23. The molecule has 2 rings (SSSR count). The highest BCUT2D eigenvalue weighted by Gasteiger charge is 2.38. The molecule has 1 saturated carbocycles.